The summed E-state index contributed by atoms with van der Waals surface area (Å²) in [6.45, 7) is 5.63. The van der Waals surface area contributed by atoms with Crippen molar-refractivity contribution in [1.29, 1.82) is 0 Å². The molecule has 1 heterocycles. The highest BCUT2D eigenvalue weighted by Gasteiger charge is 2.10. The summed E-state index contributed by atoms with van der Waals surface area (Å²) >= 11 is 0. The summed E-state index contributed by atoms with van der Waals surface area (Å²) in [6, 6.07) is 9.67. The van der Waals surface area contributed by atoms with Gasteiger partial charge in [0, 0.05) is 18.7 Å². The van der Waals surface area contributed by atoms with Crippen LogP contribution in [0.1, 0.15) is 19.4 Å². The topological polar surface area (TPSA) is 64.3 Å². The molecule has 108 valence electrons. The van der Waals surface area contributed by atoms with Gasteiger partial charge in [0.25, 0.3) is 0 Å². The zero-order valence-electron chi connectivity index (χ0n) is 12.3. The van der Waals surface area contributed by atoms with Gasteiger partial charge in [0.15, 0.2) is 6.61 Å². The Morgan fingerprint density at radius 2 is 2.00 bits per heavy atom. The number of carboxylic acids is 1. The number of rotatable bonds is 4. The summed E-state index contributed by atoms with van der Waals surface area (Å²) in [6.07, 6.45) is 0. The Hall–Kier alpha value is -2.30. The van der Waals surface area contributed by atoms with Crippen molar-refractivity contribution >= 4 is 5.97 Å². The first kappa shape index (κ1) is 15.8. The van der Waals surface area contributed by atoms with Gasteiger partial charge in [0.2, 0.25) is 5.88 Å². The van der Waals surface area contributed by atoms with Crippen LogP contribution in [-0.2, 0) is 11.8 Å². The van der Waals surface area contributed by atoms with E-state index in [1.807, 2.05) is 45.0 Å². The predicted molar refractivity (Wildman–Crippen MR) is 77.9 cm³/mol. The Kier molecular flexibility index (Phi) is 5.77. The minimum Gasteiger partial charge on any atom is -0.479 e. The second-order valence-corrected chi connectivity index (χ2v) is 3.99. The van der Waals surface area contributed by atoms with Crippen molar-refractivity contribution in [2.75, 3.05) is 6.61 Å². The molecule has 0 atom stereocenters. The SMILES string of the molecule is CC.Cc1ccccc1-c1cc(OCC(=O)O)nn1C. The second kappa shape index (κ2) is 7.33. The fourth-order valence-electron chi connectivity index (χ4n) is 1.76. The van der Waals surface area contributed by atoms with Crippen LogP contribution in [0.5, 0.6) is 5.88 Å². The van der Waals surface area contributed by atoms with E-state index in [9.17, 15) is 4.79 Å². The highest BCUT2D eigenvalue weighted by molar-refractivity contribution is 5.69. The van der Waals surface area contributed by atoms with Crippen LogP contribution in [0.2, 0.25) is 0 Å². The average Bonchev–Trinajstić information content (AvgIpc) is 2.80. The fraction of sp³-hybridized carbons (Fsp3) is 0.333. The smallest absolute Gasteiger partial charge is 0.341 e. The number of hydrogen-bond donors (Lipinski definition) is 1. The molecule has 0 saturated heterocycles. The van der Waals surface area contributed by atoms with E-state index in [2.05, 4.69) is 5.10 Å². The molecular weight excluding hydrogens is 256 g/mol. The molecule has 0 aliphatic heterocycles. The van der Waals surface area contributed by atoms with Gasteiger partial charge in [-0.1, -0.05) is 38.1 Å². The number of hydrogen-bond acceptors (Lipinski definition) is 3. The highest BCUT2D eigenvalue weighted by atomic mass is 16.5. The molecule has 1 aromatic heterocycles. The Labute approximate surface area is 118 Å². The van der Waals surface area contributed by atoms with Gasteiger partial charge in [-0.3, -0.25) is 4.68 Å². The van der Waals surface area contributed by atoms with E-state index in [-0.39, 0.29) is 6.61 Å². The summed E-state index contributed by atoms with van der Waals surface area (Å²) in [5.41, 5.74) is 3.08. The molecule has 5 nitrogen and oxygen atoms in total. The Morgan fingerprint density at radius 1 is 1.35 bits per heavy atom. The van der Waals surface area contributed by atoms with Crippen LogP contribution in [0.25, 0.3) is 11.3 Å². The molecular formula is C15H20N2O3. The first-order valence-corrected chi connectivity index (χ1v) is 6.52. The summed E-state index contributed by atoms with van der Waals surface area (Å²) in [4.78, 5) is 10.4. The molecule has 0 bridgehead atoms. The van der Waals surface area contributed by atoms with Crippen LogP contribution in [0.3, 0.4) is 0 Å². The van der Waals surface area contributed by atoms with Crippen molar-refractivity contribution in [1.82, 2.24) is 9.78 Å². The lowest BCUT2D eigenvalue weighted by atomic mass is 10.1. The molecule has 0 amide bonds. The zero-order valence-corrected chi connectivity index (χ0v) is 12.3. The molecule has 0 saturated carbocycles. The minimum atomic E-state index is -1.02. The predicted octanol–water partition coefficient (Wildman–Crippen LogP) is 2.89. The lowest BCUT2D eigenvalue weighted by Crippen LogP contribution is -2.09. The number of benzene rings is 1. The molecule has 5 heteroatoms. The molecule has 0 fully saturated rings. The number of carboxylic acid groups (broad SMARTS) is 1. The molecule has 2 aromatic rings. The molecule has 0 unspecified atom stereocenters. The number of nitrogens with zero attached hydrogens (tertiary/aromatic N) is 2. The average molecular weight is 276 g/mol. The third-order valence-electron chi connectivity index (χ3n) is 2.62. The summed E-state index contributed by atoms with van der Waals surface area (Å²) in [5, 5.41) is 12.7. The van der Waals surface area contributed by atoms with Crippen LogP contribution in [-0.4, -0.2) is 27.5 Å². The molecule has 1 aromatic carbocycles. The van der Waals surface area contributed by atoms with E-state index in [1.54, 1.807) is 17.8 Å². The molecule has 0 aliphatic rings. The van der Waals surface area contributed by atoms with Gasteiger partial charge in [-0.2, -0.15) is 0 Å². The molecule has 0 spiro atoms. The van der Waals surface area contributed by atoms with Crippen LogP contribution < -0.4 is 4.74 Å². The quantitative estimate of drug-likeness (QED) is 0.932. The van der Waals surface area contributed by atoms with Crippen molar-refractivity contribution in [3.63, 3.8) is 0 Å². The van der Waals surface area contributed by atoms with Crippen LogP contribution in [0.4, 0.5) is 0 Å². The summed E-state index contributed by atoms with van der Waals surface area (Å²) in [5.74, 6) is -0.698. The summed E-state index contributed by atoms with van der Waals surface area (Å²) < 4.78 is 6.74. The maximum atomic E-state index is 10.4. The standard InChI is InChI=1S/C13H14N2O3.C2H6/c1-9-5-3-4-6-10(9)11-7-12(14-15(11)2)18-8-13(16)17;1-2/h3-7H,8H2,1-2H3,(H,16,17);1-2H3. The molecule has 20 heavy (non-hydrogen) atoms. The molecule has 1 N–H and O–H groups in total. The van der Waals surface area contributed by atoms with Crippen molar-refractivity contribution < 1.29 is 14.6 Å². The third-order valence-corrected chi connectivity index (χ3v) is 2.62. The number of ether oxygens (including phenoxy) is 1. The first-order chi connectivity index (χ1) is 9.58. The van der Waals surface area contributed by atoms with Crippen molar-refractivity contribution in [3.8, 4) is 17.1 Å². The Bertz CT molecular complexity index is 576. The van der Waals surface area contributed by atoms with Gasteiger partial charge in [-0.15, -0.1) is 5.10 Å². The van der Waals surface area contributed by atoms with E-state index >= 15 is 0 Å². The van der Waals surface area contributed by atoms with Crippen LogP contribution in [0.15, 0.2) is 30.3 Å². The van der Waals surface area contributed by atoms with Crippen molar-refractivity contribution in [3.05, 3.63) is 35.9 Å². The van der Waals surface area contributed by atoms with Crippen LogP contribution >= 0.6 is 0 Å². The molecule has 0 radical (unpaired) electrons. The van der Waals surface area contributed by atoms with E-state index < -0.39 is 5.97 Å². The third kappa shape index (κ3) is 3.85. The summed E-state index contributed by atoms with van der Waals surface area (Å²) in [7, 11) is 1.80. The fourth-order valence-corrected chi connectivity index (χ4v) is 1.76. The Morgan fingerprint density at radius 3 is 2.60 bits per heavy atom. The van der Waals surface area contributed by atoms with Gasteiger partial charge < -0.3 is 9.84 Å². The number of aryl methyl sites for hydroxylation is 2. The monoisotopic (exact) mass is 276 g/mol. The maximum absolute atomic E-state index is 10.4. The van der Waals surface area contributed by atoms with Crippen molar-refractivity contribution in [2.24, 2.45) is 7.05 Å². The normalized spacial score (nSPS) is 9.60. The van der Waals surface area contributed by atoms with E-state index in [0.29, 0.717) is 5.88 Å². The lowest BCUT2D eigenvalue weighted by molar-refractivity contribution is -0.139. The lowest BCUT2D eigenvalue weighted by Gasteiger charge is -2.04. The maximum Gasteiger partial charge on any atom is 0.341 e. The molecule has 2 rings (SSSR count). The number of carbonyl (C=O) groups is 1. The van der Waals surface area contributed by atoms with Crippen LogP contribution in [0, 0.1) is 6.92 Å². The first-order valence-electron chi connectivity index (χ1n) is 6.52. The number of aromatic nitrogens is 2. The zero-order chi connectivity index (χ0) is 15.1. The molecule has 0 aliphatic carbocycles. The largest absolute Gasteiger partial charge is 0.479 e. The Balaban J connectivity index is 0.000000956. The van der Waals surface area contributed by atoms with Gasteiger partial charge in [-0.05, 0) is 12.5 Å². The van der Waals surface area contributed by atoms with E-state index in [4.69, 9.17) is 9.84 Å². The van der Waals surface area contributed by atoms with E-state index in [1.165, 1.54) is 0 Å². The van der Waals surface area contributed by atoms with Gasteiger partial charge in [0.1, 0.15) is 0 Å². The van der Waals surface area contributed by atoms with Gasteiger partial charge in [-0.25, -0.2) is 4.79 Å². The highest BCUT2D eigenvalue weighted by Crippen LogP contribution is 2.25. The van der Waals surface area contributed by atoms with E-state index in [0.717, 1.165) is 16.8 Å². The van der Waals surface area contributed by atoms with Crippen molar-refractivity contribution in [2.45, 2.75) is 20.8 Å². The second-order valence-electron chi connectivity index (χ2n) is 3.99. The minimum absolute atomic E-state index is 0.318. The van der Waals surface area contributed by atoms with Gasteiger partial charge >= 0.3 is 5.97 Å². The van der Waals surface area contributed by atoms with Gasteiger partial charge in [0.05, 0.1) is 5.69 Å². The number of aliphatic carboxylic acids is 1.